The predicted octanol–water partition coefficient (Wildman–Crippen LogP) is 3.90. The Morgan fingerprint density at radius 3 is 2.55 bits per heavy atom. The Balaban J connectivity index is 1.32. The zero-order valence-electron chi connectivity index (χ0n) is 17.4. The van der Waals surface area contributed by atoms with Gasteiger partial charge in [-0.15, -0.1) is 5.10 Å². The summed E-state index contributed by atoms with van der Waals surface area (Å²) in [5.74, 6) is 1.26. The second-order valence-electron chi connectivity index (χ2n) is 7.06. The van der Waals surface area contributed by atoms with Gasteiger partial charge in [0.05, 0.1) is 23.4 Å². The van der Waals surface area contributed by atoms with Gasteiger partial charge in [0, 0.05) is 11.6 Å². The number of para-hydroxylation sites is 1. The molecule has 10 heteroatoms. The average Bonchev–Trinajstić information content (AvgIpc) is 3.61. The summed E-state index contributed by atoms with van der Waals surface area (Å²) >= 11 is 1.25. The van der Waals surface area contributed by atoms with Gasteiger partial charge in [0.25, 0.3) is 0 Å². The molecule has 5 rings (SSSR count). The summed E-state index contributed by atoms with van der Waals surface area (Å²) in [5, 5.41) is 19.9. The Hall–Kier alpha value is -4.18. The highest BCUT2D eigenvalue weighted by atomic mass is 32.2. The number of aromatic nitrogens is 6. The summed E-state index contributed by atoms with van der Waals surface area (Å²) in [4.78, 5) is 12.8. The summed E-state index contributed by atoms with van der Waals surface area (Å²) in [6.45, 7) is 0.394. The lowest BCUT2D eigenvalue weighted by Gasteiger charge is -2.08. The Morgan fingerprint density at radius 2 is 1.79 bits per heavy atom. The number of hydrogen-bond acceptors (Lipinski definition) is 7. The highest BCUT2D eigenvalue weighted by molar-refractivity contribution is 7.99. The van der Waals surface area contributed by atoms with Crippen LogP contribution >= 0.6 is 11.8 Å². The molecule has 9 nitrogen and oxygen atoms in total. The Kier molecular flexibility index (Phi) is 5.98. The number of nitrogens with zero attached hydrogens (tertiary/aromatic N) is 6. The lowest BCUT2D eigenvalue weighted by atomic mass is 10.2. The van der Waals surface area contributed by atoms with E-state index in [1.54, 1.807) is 21.7 Å². The number of rotatable bonds is 8. The van der Waals surface area contributed by atoms with Crippen LogP contribution in [0.25, 0.3) is 16.9 Å². The number of benzene rings is 2. The van der Waals surface area contributed by atoms with Gasteiger partial charge in [0.2, 0.25) is 11.1 Å². The summed E-state index contributed by atoms with van der Waals surface area (Å²) in [6, 6.07) is 25.0. The van der Waals surface area contributed by atoms with Crippen molar-refractivity contribution in [2.75, 3.05) is 11.1 Å². The standard InChI is InChI=1S/C23H19N7O2S/c31-22(16-33-23-25-27-28-29(23)15-19-12-7-13-32-19)24-21-14-20(17-8-3-1-4-9-17)26-30(21)18-10-5-2-6-11-18/h1-14H,15-16H2,(H,24,31). The van der Waals surface area contributed by atoms with Crippen LogP contribution in [0.4, 0.5) is 5.82 Å². The van der Waals surface area contributed by atoms with E-state index in [0.29, 0.717) is 17.5 Å². The summed E-state index contributed by atoms with van der Waals surface area (Å²) in [6.07, 6.45) is 1.60. The van der Waals surface area contributed by atoms with E-state index in [2.05, 4.69) is 20.8 Å². The molecule has 164 valence electrons. The van der Waals surface area contributed by atoms with Gasteiger partial charge < -0.3 is 9.73 Å². The highest BCUT2D eigenvalue weighted by Crippen LogP contribution is 2.25. The van der Waals surface area contributed by atoms with Crippen LogP contribution in [0.15, 0.2) is 94.7 Å². The maximum Gasteiger partial charge on any atom is 0.236 e. The summed E-state index contributed by atoms with van der Waals surface area (Å²) < 4.78 is 8.67. The van der Waals surface area contributed by atoms with Crippen LogP contribution in [0.3, 0.4) is 0 Å². The van der Waals surface area contributed by atoms with E-state index >= 15 is 0 Å². The predicted molar refractivity (Wildman–Crippen MR) is 124 cm³/mol. The van der Waals surface area contributed by atoms with Crippen LogP contribution < -0.4 is 5.32 Å². The molecule has 3 heterocycles. The molecule has 0 saturated carbocycles. The minimum absolute atomic E-state index is 0.138. The Labute approximate surface area is 193 Å². The van der Waals surface area contributed by atoms with Gasteiger partial charge in [-0.05, 0) is 34.7 Å². The van der Waals surface area contributed by atoms with Crippen molar-refractivity contribution in [1.29, 1.82) is 0 Å². The van der Waals surface area contributed by atoms with Gasteiger partial charge in [0.1, 0.15) is 18.1 Å². The first kappa shape index (κ1) is 20.7. The van der Waals surface area contributed by atoms with Crippen molar-refractivity contribution in [2.45, 2.75) is 11.7 Å². The minimum atomic E-state index is -0.191. The molecule has 1 N–H and O–H groups in total. The van der Waals surface area contributed by atoms with Crippen molar-refractivity contribution in [3.05, 3.63) is 90.9 Å². The van der Waals surface area contributed by atoms with E-state index in [1.165, 1.54) is 11.8 Å². The average molecular weight is 458 g/mol. The van der Waals surface area contributed by atoms with Gasteiger partial charge in [-0.3, -0.25) is 4.79 Å². The molecule has 2 aromatic carbocycles. The zero-order valence-corrected chi connectivity index (χ0v) is 18.2. The number of amides is 1. The number of tetrazole rings is 1. The molecule has 33 heavy (non-hydrogen) atoms. The zero-order chi connectivity index (χ0) is 22.5. The Morgan fingerprint density at radius 1 is 1.00 bits per heavy atom. The second-order valence-corrected chi connectivity index (χ2v) is 8.01. The van der Waals surface area contributed by atoms with Crippen molar-refractivity contribution < 1.29 is 9.21 Å². The number of carbonyl (C=O) groups is 1. The molecular weight excluding hydrogens is 438 g/mol. The molecule has 0 atom stereocenters. The number of hydrogen-bond donors (Lipinski definition) is 1. The van der Waals surface area contributed by atoms with E-state index in [9.17, 15) is 4.79 Å². The third-order valence-corrected chi connectivity index (χ3v) is 5.72. The van der Waals surface area contributed by atoms with E-state index in [4.69, 9.17) is 9.52 Å². The van der Waals surface area contributed by atoms with Crippen molar-refractivity contribution in [2.24, 2.45) is 0 Å². The van der Waals surface area contributed by atoms with E-state index in [1.807, 2.05) is 72.8 Å². The van der Waals surface area contributed by atoms with E-state index in [0.717, 1.165) is 22.7 Å². The first-order valence-electron chi connectivity index (χ1n) is 10.2. The largest absolute Gasteiger partial charge is 0.467 e. The minimum Gasteiger partial charge on any atom is -0.467 e. The third kappa shape index (κ3) is 4.85. The highest BCUT2D eigenvalue weighted by Gasteiger charge is 2.16. The molecule has 3 aromatic heterocycles. The summed E-state index contributed by atoms with van der Waals surface area (Å²) in [5.41, 5.74) is 2.59. The smallest absolute Gasteiger partial charge is 0.236 e. The fraction of sp³-hybridized carbons (Fsp3) is 0.0870. The van der Waals surface area contributed by atoms with Crippen LogP contribution in [-0.2, 0) is 11.3 Å². The molecule has 0 radical (unpaired) electrons. The number of nitrogens with one attached hydrogen (secondary N) is 1. The summed E-state index contributed by atoms with van der Waals surface area (Å²) in [7, 11) is 0. The molecule has 0 aliphatic rings. The van der Waals surface area contributed by atoms with Gasteiger partial charge >= 0.3 is 0 Å². The number of thioether (sulfide) groups is 1. The fourth-order valence-electron chi connectivity index (χ4n) is 3.24. The molecule has 0 saturated heterocycles. The first-order chi connectivity index (χ1) is 16.3. The topological polar surface area (TPSA) is 104 Å². The molecule has 0 unspecified atom stereocenters. The molecular formula is C23H19N7O2S. The molecule has 5 aromatic rings. The maximum absolute atomic E-state index is 12.8. The van der Waals surface area contributed by atoms with Crippen molar-refractivity contribution >= 4 is 23.5 Å². The van der Waals surface area contributed by atoms with Crippen LogP contribution in [0.1, 0.15) is 5.76 Å². The first-order valence-corrected chi connectivity index (χ1v) is 11.2. The van der Waals surface area contributed by atoms with Gasteiger partial charge in [0.15, 0.2) is 0 Å². The van der Waals surface area contributed by atoms with E-state index in [-0.39, 0.29) is 11.7 Å². The number of anilines is 1. The SMILES string of the molecule is O=C(CSc1nnnn1Cc1ccco1)Nc1cc(-c2ccccc2)nn1-c1ccccc1. The quantitative estimate of drug-likeness (QED) is 0.353. The van der Waals surface area contributed by atoms with Crippen molar-refractivity contribution in [1.82, 2.24) is 30.0 Å². The second kappa shape index (κ2) is 9.53. The van der Waals surface area contributed by atoms with Gasteiger partial charge in [-0.25, -0.2) is 9.36 Å². The number of carbonyl (C=O) groups excluding carboxylic acids is 1. The third-order valence-electron chi connectivity index (χ3n) is 4.76. The van der Waals surface area contributed by atoms with Crippen LogP contribution in [0.2, 0.25) is 0 Å². The molecule has 0 fully saturated rings. The molecule has 0 bridgehead atoms. The molecule has 0 spiro atoms. The van der Waals surface area contributed by atoms with Crippen LogP contribution in [-0.4, -0.2) is 41.6 Å². The molecule has 1 amide bonds. The van der Waals surface area contributed by atoms with Crippen molar-refractivity contribution in [3.63, 3.8) is 0 Å². The van der Waals surface area contributed by atoms with E-state index < -0.39 is 0 Å². The Bertz CT molecular complexity index is 1330. The monoisotopic (exact) mass is 457 g/mol. The number of furan rings is 1. The molecule has 0 aliphatic heterocycles. The normalized spacial score (nSPS) is 10.9. The van der Waals surface area contributed by atoms with Gasteiger partial charge in [-0.1, -0.05) is 60.3 Å². The fourth-order valence-corrected chi connectivity index (χ4v) is 3.92. The van der Waals surface area contributed by atoms with Crippen molar-refractivity contribution in [3.8, 4) is 16.9 Å². The molecule has 0 aliphatic carbocycles. The van der Waals surface area contributed by atoms with Crippen LogP contribution in [0, 0.1) is 0 Å². The maximum atomic E-state index is 12.8. The lowest BCUT2D eigenvalue weighted by Crippen LogP contribution is -2.17. The van der Waals surface area contributed by atoms with Gasteiger partial charge in [-0.2, -0.15) is 5.10 Å². The van der Waals surface area contributed by atoms with Crippen LogP contribution in [0.5, 0.6) is 0 Å². The lowest BCUT2D eigenvalue weighted by molar-refractivity contribution is -0.113.